The Morgan fingerprint density at radius 3 is 2.09 bits per heavy atom. The molecule has 0 bridgehead atoms. The number of hydrogen-bond acceptors (Lipinski definition) is 1. The average molecular weight is 297 g/mol. The van der Waals surface area contributed by atoms with E-state index < -0.39 is 0 Å². The van der Waals surface area contributed by atoms with Crippen LogP contribution in [0.25, 0.3) is 11.1 Å². The summed E-state index contributed by atoms with van der Waals surface area (Å²) < 4.78 is 1.84. The van der Waals surface area contributed by atoms with Crippen LogP contribution in [-0.2, 0) is 12.0 Å². The molecule has 0 aliphatic rings. The Labute approximate surface area is 133 Å². The van der Waals surface area contributed by atoms with Crippen molar-refractivity contribution in [1.29, 1.82) is 0 Å². The minimum Gasteiger partial charge on any atom is -0.315 e. The first-order valence-corrected chi connectivity index (χ1v) is 8.07. The quantitative estimate of drug-likeness (QED) is 0.794. The fourth-order valence-electron chi connectivity index (χ4n) is 2.74. The van der Waals surface area contributed by atoms with E-state index in [-0.39, 0.29) is 11.0 Å². The topological polar surface area (TPSA) is 22.0 Å². The zero-order valence-corrected chi connectivity index (χ0v) is 14.7. The standard InChI is InChI=1S/C20H27NO/c1-7-12-21-13-18(14(2)15(3)19(21)22)16-8-10-17(11-9-16)20(4,5)6/h8-11,13H,7,12H2,1-6H3. The predicted octanol–water partition coefficient (Wildman–Crippen LogP) is 4.84. The molecule has 0 fully saturated rings. The van der Waals surface area contributed by atoms with Gasteiger partial charge in [0, 0.05) is 23.9 Å². The zero-order valence-electron chi connectivity index (χ0n) is 14.7. The van der Waals surface area contributed by atoms with E-state index in [2.05, 4.69) is 52.0 Å². The molecule has 22 heavy (non-hydrogen) atoms. The molecule has 0 aliphatic carbocycles. The Hall–Kier alpha value is -1.83. The molecule has 2 nitrogen and oxygen atoms in total. The van der Waals surface area contributed by atoms with E-state index in [1.807, 2.05) is 24.6 Å². The van der Waals surface area contributed by atoms with Crippen molar-refractivity contribution in [2.75, 3.05) is 0 Å². The third-order valence-electron chi connectivity index (χ3n) is 4.36. The molecule has 0 N–H and O–H groups in total. The van der Waals surface area contributed by atoms with Crippen molar-refractivity contribution < 1.29 is 0 Å². The Morgan fingerprint density at radius 2 is 1.59 bits per heavy atom. The highest BCUT2D eigenvalue weighted by molar-refractivity contribution is 5.67. The lowest BCUT2D eigenvalue weighted by atomic mass is 9.86. The Kier molecular flexibility index (Phi) is 4.60. The van der Waals surface area contributed by atoms with E-state index in [0.29, 0.717) is 0 Å². The zero-order chi connectivity index (χ0) is 16.5. The molecule has 1 aromatic carbocycles. The number of pyridine rings is 1. The molecule has 2 aromatic rings. The number of rotatable bonds is 3. The van der Waals surface area contributed by atoms with Crippen LogP contribution in [0.15, 0.2) is 35.3 Å². The molecule has 0 spiro atoms. The maximum absolute atomic E-state index is 12.3. The summed E-state index contributed by atoms with van der Waals surface area (Å²) in [6.07, 6.45) is 2.98. The molecule has 2 rings (SSSR count). The highest BCUT2D eigenvalue weighted by Crippen LogP contribution is 2.28. The summed E-state index contributed by atoms with van der Waals surface area (Å²) in [5.74, 6) is 0. The number of aryl methyl sites for hydroxylation is 1. The average Bonchev–Trinajstić information content (AvgIpc) is 2.47. The van der Waals surface area contributed by atoms with E-state index >= 15 is 0 Å². The van der Waals surface area contributed by atoms with Gasteiger partial charge >= 0.3 is 0 Å². The lowest BCUT2D eigenvalue weighted by Gasteiger charge is -2.20. The van der Waals surface area contributed by atoms with Gasteiger partial charge < -0.3 is 4.57 Å². The van der Waals surface area contributed by atoms with Crippen LogP contribution in [0.2, 0.25) is 0 Å². The van der Waals surface area contributed by atoms with E-state index in [0.717, 1.165) is 29.7 Å². The third kappa shape index (κ3) is 3.16. The van der Waals surface area contributed by atoms with Gasteiger partial charge in [-0.3, -0.25) is 4.79 Å². The van der Waals surface area contributed by atoms with Crippen molar-refractivity contribution in [3.63, 3.8) is 0 Å². The highest BCUT2D eigenvalue weighted by Gasteiger charge is 2.14. The van der Waals surface area contributed by atoms with Crippen LogP contribution in [-0.4, -0.2) is 4.57 Å². The van der Waals surface area contributed by atoms with Gasteiger partial charge in [-0.15, -0.1) is 0 Å². The van der Waals surface area contributed by atoms with E-state index in [4.69, 9.17) is 0 Å². The van der Waals surface area contributed by atoms with Crippen molar-refractivity contribution in [2.45, 2.75) is 59.9 Å². The Balaban J connectivity index is 2.55. The molecule has 2 heteroatoms. The van der Waals surface area contributed by atoms with Gasteiger partial charge in [-0.1, -0.05) is 52.0 Å². The van der Waals surface area contributed by atoms with Gasteiger partial charge in [0.2, 0.25) is 0 Å². The Morgan fingerprint density at radius 1 is 1.00 bits per heavy atom. The van der Waals surface area contributed by atoms with Crippen LogP contribution in [0.3, 0.4) is 0 Å². The van der Waals surface area contributed by atoms with Crippen molar-refractivity contribution in [3.8, 4) is 11.1 Å². The molecular formula is C20H27NO. The SMILES string of the molecule is CCCn1cc(-c2ccc(C(C)(C)C)cc2)c(C)c(C)c1=O. The summed E-state index contributed by atoms with van der Waals surface area (Å²) in [6.45, 7) is 13.5. The number of benzene rings is 1. The van der Waals surface area contributed by atoms with Crippen molar-refractivity contribution in [2.24, 2.45) is 0 Å². The third-order valence-corrected chi connectivity index (χ3v) is 4.36. The molecule has 0 saturated carbocycles. The second kappa shape index (κ2) is 6.12. The first-order valence-electron chi connectivity index (χ1n) is 8.07. The summed E-state index contributed by atoms with van der Waals surface area (Å²) in [5.41, 5.74) is 5.89. The van der Waals surface area contributed by atoms with E-state index in [1.165, 1.54) is 11.1 Å². The molecule has 0 radical (unpaired) electrons. The fraction of sp³-hybridized carbons (Fsp3) is 0.450. The van der Waals surface area contributed by atoms with Crippen LogP contribution in [0.4, 0.5) is 0 Å². The van der Waals surface area contributed by atoms with Crippen LogP contribution < -0.4 is 5.56 Å². The van der Waals surface area contributed by atoms with E-state index in [1.54, 1.807) is 0 Å². The molecule has 118 valence electrons. The van der Waals surface area contributed by atoms with Gasteiger partial charge in [0.1, 0.15) is 0 Å². The number of nitrogens with zero attached hydrogens (tertiary/aromatic N) is 1. The lowest BCUT2D eigenvalue weighted by Crippen LogP contribution is -2.23. The summed E-state index contributed by atoms with van der Waals surface area (Å²) >= 11 is 0. The minimum absolute atomic E-state index is 0.134. The highest BCUT2D eigenvalue weighted by atomic mass is 16.1. The van der Waals surface area contributed by atoms with Gasteiger partial charge in [-0.05, 0) is 42.4 Å². The molecule has 0 unspecified atom stereocenters. The second-order valence-corrected chi connectivity index (χ2v) is 7.12. The first-order chi connectivity index (χ1) is 10.3. The summed E-state index contributed by atoms with van der Waals surface area (Å²) in [4.78, 5) is 12.3. The van der Waals surface area contributed by atoms with Crippen molar-refractivity contribution in [1.82, 2.24) is 4.57 Å². The van der Waals surface area contributed by atoms with E-state index in [9.17, 15) is 4.79 Å². The van der Waals surface area contributed by atoms with Gasteiger partial charge in [0.15, 0.2) is 0 Å². The summed E-state index contributed by atoms with van der Waals surface area (Å²) in [6, 6.07) is 8.73. The summed E-state index contributed by atoms with van der Waals surface area (Å²) in [5, 5.41) is 0. The van der Waals surface area contributed by atoms with Gasteiger partial charge in [0.25, 0.3) is 5.56 Å². The first kappa shape index (κ1) is 16.5. The number of aromatic nitrogens is 1. The molecule has 1 heterocycles. The monoisotopic (exact) mass is 297 g/mol. The normalized spacial score (nSPS) is 11.7. The molecular weight excluding hydrogens is 270 g/mol. The molecule has 1 aromatic heterocycles. The van der Waals surface area contributed by atoms with Crippen LogP contribution in [0.1, 0.15) is 50.8 Å². The van der Waals surface area contributed by atoms with Crippen LogP contribution >= 0.6 is 0 Å². The fourth-order valence-corrected chi connectivity index (χ4v) is 2.74. The largest absolute Gasteiger partial charge is 0.315 e. The maximum Gasteiger partial charge on any atom is 0.253 e. The maximum atomic E-state index is 12.3. The predicted molar refractivity (Wildman–Crippen MR) is 94.6 cm³/mol. The molecule has 0 aliphatic heterocycles. The smallest absolute Gasteiger partial charge is 0.253 e. The van der Waals surface area contributed by atoms with Gasteiger partial charge in [-0.25, -0.2) is 0 Å². The Bertz CT molecular complexity index is 715. The lowest BCUT2D eigenvalue weighted by molar-refractivity contribution is 0.590. The van der Waals surface area contributed by atoms with Crippen LogP contribution in [0.5, 0.6) is 0 Å². The molecule has 0 saturated heterocycles. The van der Waals surface area contributed by atoms with Gasteiger partial charge in [0.05, 0.1) is 0 Å². The van der Waals surface area contributed by atoms with Crippen molar-refractivity contribution in [3.05, 3.63) is 57.5 Å². The second-order valence-electron chi connectivity index (χ2n) is 7.12. The molecule has 0 atom stereocenters. The molecule has 0 amide bonds. The minimum atomic E-state index is 0.134. The van der Waals surface area contributed by atoms with Crippen LogP contribution in [0, 0.1) is 13.8 Å². The number of hydrogen-bond donors (Lipinski definition) is 0. The van der Waals surface area contributed by atoms with Gasteiger partial charge in [-0.2, -0.15) is 0 Å². The van der Waals surface area contributed by atoms with Crippen molar-refractivity contribution >= 4 is 0 Å². The summed E-state index contributed by atoms with van der Waals surface area (Å²) in [7, 11) is 0.